The molecule has 1 aromatic heterocycles. The van der Waals surface area contributed by atoms with Crippen molar-refractivity contribution in [1.29, 1.82) is 0 Å². The Morgan fingerprint density at radius 2 is 1.94 bits per heavy atom. The van der Waals surface area contributed by atoms with E-state index in [1.165, 1.54) is 5.69 Å². The number of hydrogen-bond acceptors (Lipinski definition) is 1. The van der Waals surface area contributed by atoms with Crippen LogP contribution in [0, 0.1) is 10.6 Å². The highest BCUT2D eigenvalue weighted by molar-refractivity contribution is 9.10. The summed E-state index contributed by atoms with van der Waals surface area (Å²) in [5.74, 6) is 0.626. The Hall–Kier alpha value is -0.870. The molecule has 0 radical (unpaired) electrons. The van der Waals surface area contributed by atoms with E-state index in [1.54, 1.807) is 0 Å². The molecule has 1 aromatic carbocycles. The smallest absolute Gasteiger partial charge is 0.127 e. The molecule has 0 bridgehead atoms. The van der Waals surface area contributed by atoms with E-state index in [-0.39, 0.29) is 0 Å². The highest BCUT2D eigenvalue weighted by atomic mass is 79.9. The van der Waals surface area contributed by atoms with Gasteiger partial charge in [0.25, 0.3) is 0 Å². The van der Waals surface area contributed by atoms with Crippen LogP contribution in [0.4, 0.5) is 0 Å². The van der Waals surface area contributed by atoms with Gasteiger partial charge in [0.1, 0.15) is 4.64 Å². The van der Waals surface area contributed by atoms with Crippen LogP contribution >= 0.6 is 28.1 Å². The molecule has 2 rings (SSSR count). The number of aromatic nitrogens is 2. The van der Waals surface area contributed by atoms with Crippen LogP contribution in [0.15, 0.2) is 34.8 Å². The van der Waals surface area contributed by atoms with Gasteiger partial charge in [-0.3, -0.25) is 5.10 Å². The van der Waals surface area contributed by atoms with Gasteiger partial charge in [0.15, 0.2) is 0 Å². The molecule has 0 aliphatic rings. The molecule has 0 spiro atoms. The standard InChI is InChI=1S/C13H15BrN2S/c1-9(2)7-11-8-13(17)16(15-11)12-5-3-10(14)4-6-12/h3-6,8-9,15H,7H2,1-2H3. The van der Waals surface area contributed by atoms with E-state index in [9.17, 15) is 0 Å². The molecule has 0 aliphatic carbocycles. The lowest BCUT2D eigenvalue weighted by molar-refractivity contribution is 0.628. The predicted octanol–water partition coefficient (Wildman–Crippen LogP) is 4.50. The third-order valence-corrected chi connectivity index (χ3v) is 3.32. The number of nitrogens with one attached hydrogen (secondary N) is 1. The Morgan fingerprint density at radius 1 is 1.29 bits per heavy atom. The molecule has 0 aliphatic heterocycles. The summed E-state index contributed by atoms with van der Waals surface area (Å²) in [6.07, 6.45) is 1.02. The van der Waals surface area contributed by atoms with Gasteiger partial charge in [-0.2, -0.15) is 0 Å². The second-order valence-electron chi connectivity index (χ2n) is 4.53. The first kappa shape index (κ1) is 12.6. The van der Waals surface area contributed by atoms with Crippen LogP contribution in [0.3, 0.4) is 0 Å². The minimum Gasteiger partial charge on any atom is -0.297 e. The average molecular weight is 311 g/mol. The lowest BCUT2D eigenvalue weighted by Gasteiger charge is -2.04. The molecule has 1 N–H and O–H groups in total. The minimum atomic E-state index is 0.626. The van der Waals surface area contributed by atoms with Gasteiger partial charge in [-0.15, -0.1) is 0 Å². The minimum absolute atomic E-state index is 0.626. The predicted molar refractivity (Wildman–Crippen MR) is 77.2 cm³/mol. The summed E-state index contributed by atoms with van der Waals surface area (Å²) in [5.41, 5.74) is 2.25. The maximum atomic E-state index is 5.36. The Kier molecular flexibility index (Phi) is 3.84. The van der Waals surface area contributed by atoms with E-state index in [0.29, 0.717) is 5.92 Å². The summed E-state index contributed by atoms with van der Waals surface area (Å²) in [6, 6.07) is 10.1. The van der Waals surface area contributed by atoms with Gasteiger partial charge in [-0.05, 0) is 42.7 Å². The largest absolute Gasteiger partial charge is 0.297 e. The summed E-state index contributed by atoms with van der Waals surface area (Å²) >= 11 is 8.79. The lowest BCUT2D eigenvalue weighted by Crippen LogP contribution is -1.99. The average Bonchev–Trinajstić information content (AvgIpc) is 2.59. The van der Waals surface area contributed by atoms with Crippen LogP contribution in [0.2, 0.25) is 0 Å². The summed E-state index contributed by atoms with van der Waals surface area (Å²) in [4.78, 5) is 0. The summed E-state index contributed by atoms with van der Waals surface area (Å²) in [5, 5.41) is 3.35. The third kappa shape index (κ3) is 3.07. The van der Waals surface area contributed by atoms with Crippen molar-refractivity contribution in [1.82, 2.24) is 9.78 Å². The van der Waals surface area contributed by atoms with Gasteiger partial charge in [0.05, 0.1) is 5.69 Å². The Labute approximate surface area is 115 Å². The van der Waals surface area contributed by atoms with Crippen LogP contribution in [0.5, 0.6) is 0 Å². The maximum Gasteiger partial charge on any atom is 0.127 e. The zero-order valence-electron chi connectivity index (χ0n) is 9.90. The number of nitrogens with zero attached hydrogens (tertiary/aromatic N) is 1. The molecule has 0 fully saturated rings. The van der Waals surface area contributed by atoms with Crippen molar-refractivity contribution >= 4 is 28.1 Å². The van der Waals surface area contributed by atoms with E-state index in [4.69, 9.17) is 12.2 Å². The topological polar surface area (TPSA) is 20.7 Å². The second-order valence-corrected chi connectivity index (χ2v) is 5.86. The first-order valence-electron chi connectivity index (χ1n) is 5.63. The fourth-order valence-corrected chi connectivity index (χ4v) is 2.33. The molecule has 4 heteroatoms. The maximum absolute atomic E-state index is 5.36. The van der Waals surface area contributed by atoms with Gasteiger partial charge < -0.3 is 0 Å². The molecule has 0 unspecified atom stereocenters. The zero-order valence-corrected chi connectivity index (χ0v) is 12.3. The monoisotopic (exact) mass is 310 g/mol. The number of hydrogen-bond donors (Lipinski definition) is 1. The molecular weight excluding hydrogens is 296 g/mol. The van der Waals surface area contributed by atoms with Gasteiger partial charge >= 0.3 is 0 Å². The Morgan fingerprint density at radius 3 is 2.53 bits per heavy atom. The number of H-pyrrole nitrogens is 1. The van der Waals surface area contributed by atoms with Crippen LogP contribution < -0.4 is 0 Å². The first-order chi connectivity index (χ1) is 8.06. The Bertz CT molecular complexity index is 552. The molecule has 1 heterocycles. The van der Waals surface area contributed by atoms with Crippen molar-refractivity contribution in [3.63, 3.8) is 0 Å². The molecule has 0 saturated carbocycles. The molecule has 0 amide bonds. The highest BCUT2D eigenvalue weighted by Crippen LogP contribution is 2.15. The fourth-order valence-electron chi connectivity index (χ4n) is 1.77. The van der Waals surface area contributed by atoms with Crippen molar-refractivity contribution in [3.8, 4) is 5.69 Å². The quantitative estimate of drug-likeness (QED) is 0.828. The fraction of sp³-hybridized carbons (Fsp3) is 0.308. The van der Waals surface area contributed by atoms with Crippen LogP contribution in [-0.4, -0.2) is 9.78 Å². The molecular formula is C13H15BrN2S. The van der Waals surface area contributed by atoms with E-state index >= 15 is 0 Å². The van der Waals surface area contributed by atoms with Crippen LogP contribution in [0.25, 0.3) is 5.69 Å². The van der Waals surface area contributed by atoms with E-state index in [0.717, 1.165) is 21.2 Å². The lowest BCUT2D eigenvalue weighted by atomic mass is 10.1. The SMILES string of the molecule is CC(C)Cc1cc(=S)n(-c2ccc(Br)cc2)[nH]1. The van der Waals surface area contributed by atoms with E-state index in [1.807, 2.05) is 35.0 Å². The molecule has 0 atom stereocenters. The summed E-state index contributed by atoms with van der Waals surface area (Å²) in [6.45, 7) is 4.40. The van der Waals surface area contributed by atoms with E-state index < -0.39 is 0 Å². The van der Waals surface area contributed by atoms with Crippen molar-refractivity contribution in [2.24, 2.45) is 5.92 Å². The summed E-state index contributed by atoms with van der Waals surface area (Å²) in [7, 11) is 0. The molecule has 17 heavy (non-hydrogen) atoms. The van der Waals surface area contributed by atoms with Crippen LogP contribution in [-0.2, 0) is 6.42 Å². The molecule has 90 valence electrons. The van der Waals surface area contributed by atoms with Gasteiger partial charge in [-0.25, -0.2) is 4.68 Å². The number of aromatic amines is 1. The first-order valence-corrected chi connectivity index (χ1v) is 6.83. The van der Waals surface area contributed by atoms with Crippen molar-refractivity contribution in [2.75, 3.05) is 0 Å². The zero-order chi connectivity index (χ0) is 12.4. The number of benzene rings is 1. The van der Waals surface area contributed by atoms with Gasteiger partial charge in [0.2, 0.25) is 0 Å². The Balaban J connectivity index is 2.36. The van der Waals surface area contributed by atoms with Gasteiger partial charge in [0, 0.05) is 10.2 Å². The van der Waals surface area contributed by atoms with E-state index in [2.05, 4.69) is 34.9 Å². The molecule has 0 saturated heterocycles. The van der Waals surface area contributed by atoms with Gasteiger partial charge in [-0.1, -0.05) is 42.0 Å². The highest BCUT2D eigenvalue weighted by Gasteiger charge is 2.04. The molecule has 2 aromatic rings. The van der Waals surface area contributed by atoms with Crippen molar-refractivity contribution in [2.45, 2.75) is 20.3 Å². The summed E-state index contributed by atoms with van der Waals surface area (Å²) < 4.78 is 3.84. The second kappa shape index (κ2) is 5.19. The van der Waals surface area contributed by atoms with Crippen molar-refractivity contribution < 1.29 is 0 Å². The molecule has 2 nitrogen and oxygen atoms in total. The number of rotatable bonds is 3. The third-order valence-electron chi connectivity index (χ3n) is 2.49. The normalized spacial score (nSPS) is 11.1. The van der Waals surface area contributed by atoms with Crippen molar-refractivity contribution in [3.05, 3.63) is 45.1 Å². The number of halogens is 1. The van der Waals surface area contributed by atoms with Crippen LogP contribution in [0.1, 0.15) is 19.5 Å².